The molecule has 4 heteroatoms. The number of aromatic nitrogens is 3. The van der Waals surface area contributed by atoms with Gasteiger partial charge in [-0.1, -0.05) is 196 Å². The van der Waals surface area contributed by atoms with Crippen molar-refractivity contribution in [2.24, 2.45) is 0 Å². The average Bonchev–Trinajstić information content (AvgIpc) is 3.83. The van der Waals surface area contributed by atoms with E-state index in [2.05, 4.69) is 178 Å². The van der Waals surface area contributed by atoms with Crippen molar-refractivity contribution in [2.45, 2.75) is 24.7 Å². The molecule has 12 rings (SSSR count). The second-order valence-electron chi connectivity index (χ2n) is 16.3. The van der Waals surface area contributed by atoms with Gasteiger partial charge in [0.25, 0.3) is 0 Å². The van der Waals surface area contributed by atoms with Gasteiger partial charge in [0.2, 0.25) is 0 Å². The molecule has 0 saturated carbocycles. The molecule has 2 aliphatic rings. The van der Waals surface area contributed by atoms with E-state index in [1.165, 1.54) is 50.1 Å². The summed E-state index contributed by atoms with van der Waals surface area (Å²) in [6.45, 7) is 4.70. The second-order valence-corrected chi connectivity index (χ2v) is 16.3. The minimum Gasteiger partial charge on any atom is -0.456 e. The van der Waals surface area contributed by atoms with E-state index in [0.717, 1.165) is 44.2 Å². The van der Waals surface area contributed by atoms with Gasteiger partial charge in [0.1, 0.15) is 11.2 Å². The van der Waals surface area contributed by atoms with Crippen LogP contribution in [0.4, 0.5) is 0 Å². The minimum absolute atomic E-state index is 0.371. The molecule has 59 heavy (non-hydrogen) atoms. The Kier molecular flexibility index (Phi) is 7.16. The molecule has 0 amide bonds. The van der Waals surface area contributed by atoms with Crippen LogP contribution in [0.15, 0.2) is 192 Å². The zero-order valence-corrected chi connectivity index (χ0v) is 32.6. The predicted molar refractivity (Wildman–Crippen MR) is 238 cm³/mol. The van der Waals surface area contributed by atoms with Gasteiger partial charge in [-0.15, -0.1) is 0 Å². The maximum atomic E-state index is 7.16. The van der Waals surface area contributed by atoms with Crippen LogP contribution in [-0.2, 0) is 10.8 Å². The molecule has 2 aliphatic carbocycles. The summed E-state index contributed by atoms with van der Waals surface area (Å²) in [7, 11) is 0. The first-order valence-corrected chi connectivity index (χ1v) is 20.3. The topological polar surface area (TPSA) is 51.8 Å². The van der Waals surface area contributed by atoms with Gasteiger partial charge in [-0.3, -0.25) is 0 Å². The highest BCUT2D eigenvalue weighted by atomic mass is 16.3. The first-order chi connectivity index (χ1) is 29.0. The van der Waals surface area contributed by atoms with E-state index < -0.39 is 5.41 Å². The summed E-state index contributed by atoms with van der Waals surface area (Å²) in [4.78, 5) is 15.5. The first-order valence-electron chi connectivity index (χ1n) is 20.3. The summed E-state index contributed by atoms with van der Waals surface area (Å²) >= 11 is 0. The number of hydrogen-bond acceptors (Lipinski definition) is 4. The Balaban J connectivity index is 1.11. The van der Waals surface area contributed by atoms with Crippen LogP contribution in [0.5, 0.6) is 0 Å². The molecule has 278 valence electrons. The van der Waals surface area contributed by atoms with Crippen molar-refractivity contribution in [3.63, 3.8) is 0 Å². The van der Waals surface area contributed by atoms with Gasteiger partial charge >= 0.3 is 0 Å². The van der Waals surface area contributed by atoms with Crippen molar-refractivity contribution in [1.29, 1.82) is 0 Å². The van der Waals surface area contributed by atoms with Gasteiger partial charge in [0.05, 0.1) is 5.41 Å². The molecule has 1 spiro atoms. The van der Waals surface area contributed by atoms with Crippen molar-refractivity contribution < 1.29 is 4.42 Å². The summed E-state index contributed by atoms with van der Waals surface area (Å²) in [6, 6.07) is 66.9. The molecule has 8 aromatic carbocycles. The number of benzene rings is 8. The smallest absolute Gasteiger partial charge is 0.164 e. The molecule has 4 nitrogen and oxygen atoms in total. The normalized spacial score (nSPS) is 14.2. The van der Waals surface area contributed by atoms with E-state index in [1.807, 2.05) is 24.3 Å². The number of nitrogens with zero attached hydrogens (tertiary/aromatic N) is 3. The van der Waals surface area contributed by atoms with E-state index >= 15 is 0 Å². The van der Waals surface area contributed by atoms with Crippen LogP contribution < -0.4 is 0 Å². The van der Waals surface area contributed by atoms with Gasteiger partial charge in [0, 0.05) is 38.4 Å². The monoisotopic (exact) mass is 755 g/mol. The molecule has 0 saturated heterocycles. The fourth-order valence-corrected chi connectivity index (χ4v) is 10.2. The van der Waals surface area contributed by atoms with Crippen LogP contribution in [0.25, 0.3) is 78.4 Å². The minimum atomic E-state index is -0.506. The lowest BCUT2D eigenvalue weighted by atomic mass is 9.55. The zero-order chi connectivity index (χ0) is 39.3. The van der Waals surface area contributed by atoms with Crippen molar-refractivity contribution in [3.05, 3.63) is 221 Å². The Labute approximate surface area is 342 Å². The lowest BCUT2D eigenvalue weighted by Gasteiger charge is -2.46. The van der Waals surface area contributed by atoms with Crippen molar-refractivity contribution in [1.82, 2.24) is 15.0 Å². The van der Waals surface area contributed by atoms with Crippen LogP contribution in [0.3, 0.4) is 0 Å². The molecular formula is C55H37N3O. The largest absolute Gasteiger partial charge is 0.456 e. The molecule has 0 aliphatic heterocycles. The number of rotatable bonds is 4. The molecule has 0 atom stereocenters. The number of furan rings is 1. The second kappa shape index (κ2) is 12.5. The Morgan fingerprint density at radius 2 is 0.864 bits per heavy atom. The van der Waals surface area contributed by atoms with Gasteiger partial charge in [-0.25, -0.2) is 15.0 Å². The molecule has 2 aromatic heterocycles. The van der Waals surface area contributed by atoms with Crippen molar-refractivity contribution >= 4 is 21.9 Å². The molecular weight excluding hydrogens is 719 g/mol. The van der Waals surface area contributed by atoms with Crippen LogP contribution in [0, 0.1) is 0 Å². The summed E-state index contributed by atoms with van der Waals surface area (Å²) in [5.74, 6) is 1.85. The fraction of sp³-hybridized carbons (Fsp3) is 0.0727. The van der Waals surface area contributed by atoms with E-state index in [-0.39, 0.29) is 5.41 Å². The summed E-state index contributed by atoms with van der Waals surface area (Å²) in [6.07, 6.45) is 0. The van der Waals surface area contributed by atoms with E-state index in [1.54, 1.807) is 0 Å². The lowest BCUT2D eigenvalue weighted by molar-refractivity contribution is 0.551. The zero-order valence-electron chi connectivity index (χ0n) is 32.6. The number of fused-ring (bicyclic) bond motifs is 13. The Bertz CT molecular complexity index is 3240. The van der Waals surface area contributed by atoms with Crippen molar-refractivity contribution in [2.75, 3.05) is 0 Å². The van der Waals surface area contributed by atoms with Gasteiger partial charge in [-0.05, 0) is 56.1 Å². The van der Waals surface area contributed by atoms with Crippen molar-refractivity contribution in [3.8, 4) is 56.4 Å². The average molecular weight is 756 g/mol. The Hall–Kier alpha value is -7.43. The van der Waals surface area contributed by atoms with E-state index in [4.69, 9.17) is 19.4 Å². The van der Waals surface area contributed by atoms with E-state index in [9.17, 15) is 0 Å². The van der Waals surface area contributed by atoms with Gasteiger partial charge < -0.3 is 4.42 Å². The molecule has 0 bridgehead atoms. The summed E-state index contributed by atoms with van der Waals surface area (Å²) in [5, 5.41) is 2.05. The number of hydrogen-bond donors (Lipinski definition) is 0. The summed E-state index contributed by atoms with van der Waals surface area (Å²) in [5.41, 5.74) is 16.2. The molecule has 0 N–H and O–H groups in total. The highest BCUT2D eigenvalue weighted by Crippen LogP contribution is 2.63. The highest BCUT2D eigenvalue weighted by molar-refractivity contribution is 6.13. The third kappa shape index (κ3) is 4.74. The third-order valence-corrected chi connectivity index (χ3v) is 12.8. The van der Waals surface area contributed by atoms with E-state index in [0.29, 0.717) is 17.5 Å². The molecule has 0 unspecified atom stereocenters. The standard InChI is InChI=1S/C55H37N3O/c1-54(2)44-25-13-14-26-45(44)55(42-23-11-9-20-38(42)39-21-10-12-24-43(39)55)46-33-32-40-48-41(22-15-27-47(48)59-50(40)49(46)54)53-57-51(36-18-7-4-8-19-36)56-52(58-53)37-30-28-35(29-31-37)34-16-5-3-6-17-34/h3-33H,1-2H3. The molecule has 0 radical (unpaired) electrons. The van der Waals surface area contributed by atoms with Crippen LogP contribution in [0.1, 0.15) is 47.2 Å². The molecule has 10 aromatic rings. The van der Waals surface area contributed by atoms with Crippen LogP contribution in [0.2, 0.25) is 0 Å². The Morgan fingerprint density at radius 3 is 1.53 bits per heavy atom. The quantitative estimate of drug-likeness (QED) is 0.179. The van der Waals surface area contributed by atoms with Gasteiger partial charge in [-0.2, -0.15) is 0 Å². The maximum absolute atomic E-state index is 7.16. The third-order valence-electron chi connectivity index (χ3n) is 12.8. The maximum Gasteiger partial charge on any atom is 0.164 e. The highest BCUT2D eigenvalue weighted by Gasteiger charge is 2.54. The Morgan fingerprint density at radius 1 is 0.373 bits per heavy atom. The van der Waals surface area contributed by atoms with Crippen LogP contribution >= 0.6 is 0 Å². The SMILES string of the molecule is CC1(C)c2ccccc2C2(c3ccccc3-c3ccccc32)c2ccc3c(oc4cccc(-c5nc(-c6ccccc6)nc(-c6ccc(-c7ccccc7)cc6)n5)c43)c21. The first kappa shape index (κ1) is 33.7. The van der Waals surface area contributed by atoms with Crippen LogP contribution in [-0.4, -0.2) is 15.0 Å². The molecule has 2 heterocycles. The fourth-order valence-electron chi connectivity index (χ4n) is 10.2. The lowest BCUT2D eigenvalue weighted by Crippen LogP contribution is -2.40. The molecule has 0 fully saturated rings. The van der Waals surface area contributed by atoms with Gasteiger partial charge in [0.15, 0.2) is 17.5 Å². The predicted octanol–water partition coefficient (Wildman–Crippen LogP) is 13.4. The summed E-state index contributed by atoms with van der Waals surface area (Å²) < 4.78 is 7.16.